The lowest BCUT2D eigenvalue weighted by Crippen LogP contribution is -1.94. The van der Waals surface area contributed by atoms with E-state index in [2.05, 4.69) is 10.2 Å². The van der Waals surface area contributed by atoms with Crippen LogP contribution < -0.4 is 4.74 Å². The first-order valence-electron chi connectivity index (χ1n) is 4.50. The van der Waals surface area contributed by atoms with Gasteiger partial charge in [0.05, 0.1) is 12.0 Å². The van der Waals surface area contributed by atoms with E-state index in [1.54, 1.807) is 0 Å². The fraction of sp³-hybridized carbons (Fsp3) is 0.111. The predicted octanol–water partition coefficient (Wildman–Crippen LogP) is 2.32. The second-order valence-corrected chi connectivity index (χ2v) is 3.43. The van der Waals surface area contributed by atoms with E-state index in [4.69, 9.17) is 21.4 Å². The summed E-state index contributed by atoms with van der Waals surface area (Å²) < 4.78 is 10.0. The van der Waals surface area contributed by atoms with E-state index in [-0.39, 0.29) is 22.2 Å². The molecule has 2 aromatic rings. The fourth-order valence-electron chi connectivity index (χ4n) is 1.31. The first-order chi connectivity index (χ1) is 8.11. The van der Waals surface area contributed by atoms with Crippen LogP contribution in [0.15, 0.2) is 22.6 Å². The monoisotopic (exact) mass is 253 g/mol. The van der Waals surface area contributed by atoms with E-state index in [9.17, 15) is 10.1 Å². The second-order valence-electron chi connectivity index (χ2n) is 3.06. The minimum Gasteiger partial charge on any atom is -0.490 e. The molecule has 0 aliphatic heterocycles. The Labute approximate surface area is 100 Å². The van der Waals surface area contributed by atoms with Crippen molar-refractivity contribution < 1.29 is 14.1 Å². The number of nitro groups is 1. The molecule has 0 saturated carbocycles. The van der Waals surface area contributed by atoms with Crippen molar-refractivity contribution >= 4 is 17.9 Å². The molecule has 0 radical (unpaired) electrons. The van der Waals surface area contributed by atoms with E-state index < -0.39 is 4.92 Å². The van der Waals surface area contributed by atoms with Crippen LogP contribution in [0, 0.1) is 15.0 Å². The normalized spacial score (nSPS) is 10.2. The Morgan fingerprint density at radius 3 is 2.88 bits per heavy atom. The van der Waals surface area contributed by atoms with Crippen molar-refractivity contribution in [3.63, 3.8) is 0 Å². The first-order valence-corrected chi connectivity index (χ1v) is 4.91. The molecule has 2 rings (SSSR count). The molecule has 1 aromatic carbocycles. The number of hydrogen-bond acceptors (Lipinski definition) is 6. The summed E-state index contributed by atoms with van der Waals surface area (Å²) in [4.78, 5) is 10.3. The molecular formula is C9H7N3O4S. The highest BCUT2D eigenvalue weighted by molar-refractivity contribution is 7.71. The van der Waals surface area contributed by atoms with Gasteiger partial charge in [-0.15, -0.1) is 5.10 Å². The van der Waals surface area contributed by atoms with Crippen molar-refractivity contribution in [1.29, 1.82) is 0 Å². The van der Waals surface area contributed by atoms with E-state index in [1.165, 1.54) is 25.3 Å². The quantitative estimate of drug-likeness (QED) is 0.512. The van der Waals surface area contributed by atoms with E-state index in [1.807, 2.05) is 0 Å². The number of rotatable bonds is 3. The molecule has 1 aromatic heterocycles. The molecule has 1 heterocycles. The molecule has 0 fully saturated rings. The molecule has 0 aliphatic rings. The van der Waals surface area contributed by atoms with E-state index in [0.29, 0.717) is 5.56 Å². The van der Waals surface area contributed by atoms with Gasteiger partial charge < -0.3 is 9.15 Å². The average Bonchev–Trinajstić information content (AvgIpc) is 2.75. The summed E-state index contributed by atoms with van der Waals surface area (Å²) in [5.74, 6) is 0.389. The summed E-state index contributed by atoms with van der Waals surface area (Å²) in [7, 11) is 1.35. The molecular weight excluding hydrogens is 246 g/mol. The number of aromatic amines is 1. The van der Waals surface area contributed by atoms with E-state index in [0.717, 1.165) is 0 Å². The van der Waals surface area contributed by atoms with Gasteiger partial charge in [0.25, 0.3) is 4.84 Å². The number of nitrogens with zero attached hydrogens (tertiary/aromatic N) is 2. The maximum atomic E-state index is 10.7. The molecule has 0 aliphatic carbocycles. The van der Waals surface area contributed by atoms with Crippen molar-refractivity contribution in [2.24, 2.45) is 0 Å². The van der Waals surface area contributed by atoms with Crippen molar-refractivity contribution in [1.82, 2.24) is 10.2 Å². The number of aromatic nitrogens is 2. The Hall–Kier alpha value is -2.22. The molecule has 1 N–H and O–H groups in total. The maximum absolute atomic E-state index is 10.7. The molecule has 0 amide bonds. The predicted molar refractivity (Wildman–Crippen MR) is 60.3 cm³/mol. The smallest absolute Gasteiger partial charge is 0.310 e. The van der Waals surface area contributed by atoms with Gasteiger partial charge in [0.2, 0.25) is 5.89 Å². The Kier molecular flexibility index (Phi) is 2.88. The van der Waals surface area contributed by atoms with Gasteiger partial charge >= 0.3 is 5.69 Å². The lowest BCUT2D eigenvalue weighted by molar-refractivity contribution is -0.385. The van der Waals surface area contributed by atoms with Crippen LogP contribution in [0.25, 0.3) is 11.5 Å². The van der Waals surface area contributed by atoms with Crippen molar-refractivity contribution in [3.8, 4) is 17.2 Å². The maximum Gasteiger partial charge on any atom is 0.310 e. The minimum absolute atomic E-state index is 0.120. The Balaban J connectivity index is 2.51. The number of hydrogen-bond donors (Lipinski definition) is 1. The van der Waals surface area contributed by atoms with Gasteiger partial charge in [-0.3, -0.25) is 10.1 Å². The van der Waals surface area contributed by atoms with Crippen LogP contribution in [0.1, 0.15) is 0 Å². The van der Waals surface area contributed by atoms with Gasteiger partial charge in [-0.05, 0) is 18.3 Å². The van der Waals surface area contributed by atoms with Crippen LogP contribution in [-0.4, -0.2) is 22.2 Å². The Morgan fingerprint density at radius 2 is 2.35 bits per heavy atom. The van der Waals surface area contributed by atoms with Crippen LogP contribution in [0.4, 0.5) is 5.69 Å². The first kappa shape index (κ1) is 11.3. The highest BCUT2D eigenvalue weighted by Gasteiger charge is 2.16. The third-order valence-corrected chi connectivity index (χ3v) is 2.24. The molecule has 0 bridgehead atoms. The van der Waals surface area contributed by atoms with Crippen LogP contribution in [0.2, 0.25) is 0 Å². The van der Waals surface area contributed by atoms with Crippen LogP contribution in [-0.2, 0) is 0 Å². The Morgan fingerprint density at radius 1 is 1.59 bits per heavy atom. The summed E-state index contributed by atoms with van der Waals surface area (Å²) in [5, 5.41) is 17.0. The second kappa shape index (κ2) is 4.34. The molecule has 0 saturated heterocycles. The number of nitrogens with one attached hydrogen (secondary N) is 1. The van der Waals surface area contributed by atoms with Gasteiger partial charge in [0.15, 0.2) is 5.75 Å². The highest BCUT2D eigenvalue weighted by Crippen LogP contribution is 2.31. The number of nitro benzene ring substituents is 1. The summed E-state index contributed by atoms with van der Waals surface area (Å²) in [6, 6.07) is 4.29. The van der Waals surface area contributed by atoms with Gasteiger partial charge in [-0.25, -0.2) is 5.10 Å². The molecule has 88 valence electrons. The number of benzene rings is 1. The largest absolute Gasteiger partial charge is 0.490 e. The third-order valence-electron chi connectivity index (χ3n) is 2.06. The minimum atomic E-state index is -0.525. The highest BCUT2D eigenvalue weighted by atomic mass is 32.1. The molecule has 7 nitrogen and oxygen atoms in total. The molecule has 0 unspecified atom stereocenters. The zero-order valence-electron chi connectivity index (χ0n) is 8.67. The lowest BCUT2D eigenvalue weighted by atomic mass is 10.2. The summed E-state index contributed by atoms with van der Waals surface area (Å²) >= 11 is 4.74. The van der Waals surface area contributed by atoms with Crippen LogP contribution >= 0.6 is 12.2 Å². The summed E-state index contributed by atoms with van der Waals surface area (Å²) in [6.07, 6.45) is 0. The average molecular weight is 253 g/mol. The topological polar surface area (TPSA) is 94.2 Å². The van der Waals surface area contributed by atoms with Crippen LogP contribution in [0.3, 0.4) is 0 Å². The zero-order chi connectivity index (χ0) is 12.4. The van der Waals surface area contributed by atoms with Gasteiger partial charge in [-0.1, -0.05) is 0 Å². The zero-order valence-corrected chi connectivity index (χ0v) is 9.48. The van der Waals surface area contributed by atoms with Crippen LogP contribution in [0.5, 0.6) is 5.75 Å². The number of H-pyrrole nitrogens is 1. The SMILES string of the molecule is COc1cc(-c2n[nH]c(=S)o2)ccc1[N+](=O)[O-]. The summed E-state index contributed by atoms with van der Waals surface area (Å²) in [5.41, 5.74) is 0.421. The molecule has 0 atom stereocenters. The number of ether oxygens (including phenoxy) is 1. The van der Waals surface area contributed by atoms with Crippen molar-refractivity contribution in [2.45, 2.75) is 0 Å². The fourth-order valence-corrected chi connectivity index (χ4v) is 1.44. The molecule has 17 heavy (non-hydrogen) atoms. The van der Waals surface area contributed by atoms with Gasteiger partial charge in [0, 0.05) is 17.7 Å². The van der Waals surface area contributed by atoms with Crippen molar-refractivity contribution in [3.05, 3.63) is 33.2 Å². The summed E-state index contributed by atoms with van der Waals surface area (Å²) in [6.45, 7) is 0. The van der Waals surface area contributed by atoms with Gasteiger partial charge in [-0.2, -0.15) is 0 Å². The Bertz CT molecular complexity index is 619. The molecule has 0 spiro atoms. The number of methoxy groups -OCH3 is 1. The lowest BCUT2D eigenvalue weighted by Gasteiger charge is -2.02. The standard InChI is InChI=1S/C9H7N3O4S/c1-15-7-4-5(2-3-6(7)12(13)14)8-10-11-9(17)16-8/h2-4H,1H3,(H,11,17). The third kappa shape index (κ3) is 2.16. The molecule has 8 heteroatoms. The van der Waals surface area contributed by atoms with Crippen molar-refractivity contribution in [2.75, 3.05) is 7.11 Å². The van der Waals surface area contributed by atoms with E-state index >= 15 is 0 Å². The van der Waals surface area contributed by atoms with Gasteiger partial charge in [0.1, 0.15) is 0 Å².